The van der Waals surface area contributed by atoms with Gasteiger partial charge in [0, 0.05) is 12.5 Å². The predicted octanol–water partition coefficient (Wildman–Crippen LogP) is 2.50. The molecule has 0 bridgehead atoms. The Morgan fingerprint density at radius 2 is 2.06 bits per heavy atom. The van der Waals surface area contributed by atoms with E-state index in [0.29, 0.717) is 0 Å². The Labute approximate surface area is 98.8 Å². The van der Waals surface area contributed by atoms with Crippen LogP contribution in [0.15, 0.2) is 24.3 Å². The van der Waals surface area contributed by atoms with Crippen molar-refractivity contribution in [1.29, 1.82) is 0 Å². The molecule has 0 fully saturated rings. The van der Waals surface area contributed by atoms with Crippen LogP contribution >= 0.6 is 0 Å². The summed E-state index contributed by atoms with van der Waals surface area (Å²) in [5, 5.41) is 0. The van der Waals surface area contributed by atoms with E-state index in [1.165, 1.54) is 11.1 Å². The molecule has 0 atom stereocenters. The zero-order chi connectivity index (χ0) is 12.0. The summed E-state index contributed by atoms with van der Waals surface area (Å²) in [7, 11) is 1.75. The van der Waals surface area contributed by atoms with Crippen LogP contribution in [0.4, 0.5) is 0 Å². The topological polar surface area (TPSA) is 35.2 Å². The third-order valence-electron chi connectivity index (χ3n) is 2.88. The average molecular weight is 221 g/mol. The minimum absolute atomic E-state index is 0.0769. The van der Waals surface area contributed by atoms with E-state index in [1.54, 1.807) is 7.11 Å². The van der Waals surface area contributed by atoms with Crippen LogP contribution in [0.5, 0.6) is 0 Å². The zero-order valence-electron chi connectivity index (χ0n) is 10.6. The molecule has 0 saturated carbocycles. The van der Waals surface area contributed by atoms with Gasteiger partial charge in [-0.2, -0.15) is 0 Å². The van der Waals surface area contributed by atoms with Gasteiger partial charge >= 0.3 is 0 Å². The van der Waals surface area contributed by atoms with Crippen LogP contribution < -0.4 is 5.73 Å². The van der Waals surface area contributed by atoms with Gasteiger partial charge in [-0.15, -0.1) is 0 Å². The van der Waals surface area contributed by atoms with E-state index in [2.05, 4.69) is 38.1 Å². The molecule has 0 unspecified atom stereocenters. The van der Waals surface area contributed by atoms with Gasteiger partial charge in [-0.25, -0.2) is 0 Å². The van der Waals surface area contributed by atoms with Gasteiger partial charge in [-0.05, 0) is 30.5 Å². The fraction of sp³-hybridized carbons (Fsp3) is 0.571. The lowest BCUT2D eigenvalue weighted by Crippen LogP contribution is -2.23. The van der Waals surface area contributed by atoms with Gasteiger partial charge in [0.15, 0.2) is 0 Å². The van der Waals surface area contributed by atoms with Gasteiger partial charge in [0.25, 0.3) is 0 Å². The molecule has 0 heterocycles. The van der Waals surface area contributed by atoms with Crippen molar-refractivity contribution in [2.45, 2.75) is 32.1 Å². The number of benzene rings is 1. The smallest absolute Gasteiger partial charge is 0.0553 e. The molecule has 0 aromatic heterocycles. The highest BCUT2D eigenvalue weighted by atomic mass is 16.5. The van der Waals surface area contributed by atoms with Crippen molar-refractivity contribution in [2.75, 3.05) is 20.3 Å². The van der Waals surface area contributed by atoms with E-state index in [0.717, 1.165) is 26.0 Å². The van der Waals surface area contributed by atoms with Crippen LogP contribution in [-0.2, 0) is 16.6 Å². The van der Waals surface area contributed by atoms with Crippen LogP contribution in [0.2, 0.25) is 0 Å². The average Bonchev–Trinajstić information content (AvgIpc) is 2.27. The Bertz CT molecular complexity index is 320. The number of ether oxygens (including phenoxy) is 1. The molecule has 16 heavy (non-hydrogen) atoms. The maximum absolute atomic E-state index is 5.53. The molecule has 0 aliphatic rings. The molecule has 0 spiro atoms. The van der Waals surface area contributed by atoms with Crippen LogP contribution in [0.25, 0.3) is 0 Å². The largest absolute Gasteiger partial charge is 0.384 e. The SMILES string of the molecule is COCC(C)(C)c1cccc(CCCN)c1. The maximum Gasteiger partial charge on any atom is 0.0553 e. The molecule has 1 rings (SSSR count). The molecule has 0 saturated heterocycles. The molecule has 1 aromatic rings. The molecule has 0 amide bonds. The van der Waals surface area contributed by atoms with Crippen molar-refractivity contribution >= 4 is 0 Å². The lowest BCUT2D eigenvalue weighted by atomic mass is 9.84. The van der Waals surface area contributed by atoms with Crippen molar-refractivity contribution in [3.63, 3.8) is 0 Å². The summed E-state index contributed by atoms with van der Waals surface area (Å²) < 4.78 is 5.26. The first-order valence-electron chi connectivity index (χ1n) is 5.88. The van der Waals surface area contributed by atoms with Crippen LogP contribution in [0.3, 0.4) is 0 Å². The molecular weight excluding hydrogens is 198 g/mol. The van der Waals surface area contributed by atoms with E-state index in [4.69, 9.17) is 10.5 Å². The van der Waals surface area contributed by atoms with E-state index >= 15 is 0 Å². The number of hydrogen-bond donors (Lipinski definition) is 1. The Morgan fingerprint density at radius 1 is 1.31 bits per heavy atom. The van der Waals surface area contributed by atoms with Gasteiger partial charge in [0.05, 0.1) is 6.61 Å². The number of aryl methyl sites for hydroxylation is 1. The molecule has 2 heteroatoms. The minimum atomic E-state index is 0.0769. The fourth-order valence-corrected chi connectivity index (χ4v) is 1.90. The van der Waals surface area contributed by atoms with Crippen molar-refractivity contribution in [1.82, 2.24) is 0 Å². The summed E-state index contributed by atoms with van der Waals surface area (Å²) in [4.78, 5) is 0. The lowest BCUT2D eigenvalue weighted by Gasteiger charge is -2.24. The Balaban J connectivity index is 2.80. The Morgan fingerprint density at radius 3 is 2.69 bits per heavy atom. The van der Waals surface area contributed by atoms with Gasteiger partial charge < -0.3 is 10.5 Å². The van der Waals surface area contributed by atoms with Gasteiger partial charge in [0.2, 0.25) is 0 Å². The van der Waals surface area contributed by atoms with E-state index in [9.17, 15) is 0 Å². The molecule has 2 nitrogen and oxygen atoms in total. The molecule has 0 aliphatic carbocycles. The van der Waals surface area contributed by atoms with Gasteiger partial charge in [-0.3, -0.25) is 0 Å². The van der Waals surface area contributed by atoms with E-state index < -0.39 is 0 Å². The maximum atomic E-state index is 5.53. The number of hydrogen-bond acceptors (Lipinski definition) is 2. The second-order valence-electron chi connectivity index (χ2n) is 4.91. The number of rotatable bonds is 6. The summed E-state index contributed by atoms with van der Waals surface area (Å²) in [6.07, 6.45) is 2.11. The first-order chi connectivity index (χ1) is 7.60. The van der Waals surface area contributed by atoms with Crippen LogP contribution in [0.1, 0.15) is 31.4 Å². The predicted molar refractivity (Wildman–Crippen MR) is 68.7 cm³/mol. The monoisotopic (exact) mass is 221 g/mol. The minimum Gasteiger partial charge on any atom is -0.384 e. The molecule has 0 radical (unpaired) electrons. The van der Waals surface area contributed by atoms with Gasteiger partial charge in [0.1, 0.15) is 0 Å². The number of nitrogens with two attached hydrogens (primary N) is 1. The van der Waals surface area contributed by atoms with Crippen molar-refractivity contribution in [3.8, 4) is 0 Å². The second-order valence-corrected chi connectivity index (χ2v) is 4.91. The van der Waals surface area contributed by atoms with Gasteiger partial charge in [-0.1, -0.05) is 38.1 Å². The number of methoxy groups -OCH3 is 1. The molecular formula is C14H23NO. The second kappa shape index (κ2) is 6.02. The molecule has 90 valence electrons. The summed E-state index contributed by atoms with van der Waals surface area (Å²) in [5.41, 5.74) is 8.31. The Kier molecular flexibility index (Phi) is 4.97. The molecule has 1 aromatic carbocycles. The summed E-state index contributed by atoms with van der Waals surface area (Å²) in [5.74, 6) is 0. The third-order valence-corrected chi connectivity index (χ3v) is 2.88. The third kappa shape index (κ3) is 3.62. The molecule has 0 aliphatic heterocycles. The normalized spacial score (nSPS) is 11.8. The van der Waals surface area contributed by atoms with Crippen LogP contribution in [0, 0.1) is 0 Å². The standard InChI is InChI=1S/C14H23NO/c1-14(2,11-16-3)13-8-4-6-12(10-13)7-5-9-15/h4,6,8,10H,5,7,9,11,15H2,1-3H3. The van der Waals surface area contributed by atoms with E-state index in [1.807, 2.05) is 0 Å². The highest BCUT2D eigenvalue weighted by Gasteiger charge is 2.20. The zero-order valence-corrected chi connectivity index (χ0v) is 10.6. The highest BCUT2D eigenvalue weighted by Crippen LogP contribution is 2.24. The first-order valence-corrected chi connectivity index (χ1v) is 5.88. The molecule has 2 N–H and O–H groups in total. The summed E-state index contributed by atoms with van der Waals surface area (Å²) in [6.45, 7) is 5.91. The highest BCUT2D eigenvalue weighted by molar-refractivity contribution is 5.29. The summed E-state index contributed by atoms with van der Waals surface area (Å²) >= 11 is 0. The quantitative estimate of drug-likeness (QED) is 0.801. The Hall–Kier alpha value is -0.860. The first kappa shape index (κ1) is 13.2. The fourth-order valence-electron chi connectivity index (χ4n) is 1.90. The summed E-state index contributed by atoms with van der Waals surface area (Å²) in [6, 6.07) is 8.74. The van der Waals surface area contributed by atoms with Crippen molar-refractivity contribution in [2.24, 2.45) is 5.73 Å². The van der Waals surface area contributed by atoms with Crippen molar-refractivity contribution < 1.29 is 4.74 Å². The van der Waals surface area contributed by atoms with Crippen molar-refractivity contribution in [3.05, 3.63) is 35.4 Å². The van der Waals surface area contributed by atoms with Crippen LogP contribution in [-0.4, -0.2) is 20.3 Å². The van der Waals surface area contributed by atoms with E-state index in [-0.39, 0.29) is 5.41 Å². The lowest BCUT2D eigenvalue weighted by molar-refractivity contribution is 0.146.